The standard InChI is InChI=1S/C16H27NO2/c1-5-16(6-2,13-17-3)11-12-19-15-10-8-7-9-14(15)18-4/h7-10,17H,5-6,11-13H2,1-4H3. The molecular formula is C16H27NO2. The van der Waals surface area contributed by atoms with Gasteiger partial charge in [-0.25, -0.2) is 0 Å². The average molecular weight is 265 g/mol. The fourth-order valence-electron chi connectivity index (χ4n) is 2.43. The van der Waals surface area contributed by atoms with Crippen LogP contribution in [0, 0.1) is 5.41 Å². The lowest BCUT2D eigenvalue weighted by molar-refractivity contribution is 0.175. The van der Waals surface area contributed by atoms with Crippen molar-refractivity contribution in [3.8, 4) is 11.5 Å². The lowest BCUT2D eigenvalue weighted by atomic mass is 9.79. The normalized spacial score (nSPS) is 11.4. The van der Waals surface area contributed by atoms with E-state index in [4.69, 9.17) is 9.47 Å². The van der Waals surface area contributed by atoms with Crippen LogP contribution in [0.25, 0.3) is 0 Å². The van der Waals surface area contributed by atoms with Gasteiger partial charge in [-0.1, -0.05) is 26.0 Å². The summed E-state index contributed by atoms with van der Waals surface area (Å²) in [5, 5.41) is 3.30. The Hall–Kier alpha value is -1.22. The number of methoxy groups -OCH3 is 1. The van der Waals surface area contributed by atoms with E-state index in [1.807, 2.05) is 31.3 Å². The second-order valence-electron chi connectivity index (χ2n) is 4.99. The number of benzene rings is 1. The number of hydrogen-bond acceptors (Lipinski definition) is 3. The van der Waals surface area contributed by atoms with E-state index >= 15 is 0 Å². The number of ether oxygens (including phenoxy) is 2. The van der Waals surface area contributed by atoms with Crippen LogP contribution in [0.1, 0.15) is 33.1 Å². The predicted molar refractivity (Wildman–Crippen MR) is 80.0 cm³/mol. The van der Waals surface area contributed by atoms with Crippen LogP contribution in [0.2, 0.25) is 0 Å². The zero-order valence-corrected chi connectivity index (χ0v) is 12.7. The Morgan fingerprint density at radius 1 is 1.11 bits per heavy atom. The van der Waals surface area contributed by atoms with Crippen LogP contribution >= 0.6 is 0 Å². The summed E-state index contributed by atoms with van der Waals surface area (Å²) in [4.78, 5) is 0. The molecule has 1 rings (SSSR count). The van der Waals surface area contributed by atoms with Gasteiger partial charge in [0.2, 0.25) is 0 Å². The number of hydrogen-bond donors (Lipinski definition) is 1. The van der Waals surface area contributed by atoms with Crippen LogP contribution in [0.15, 0.2) is 24.3 Å². The van der Waals surface area contributed by atoms with Crippen molar-refractivity contribution in [3.63, 3.8) is 0 Å². The second-order valence-corrected chi connectivity index (χ2v) is 4.99. The number of para-hydroxylation sites is 2. The molecule has 0 amide bonds. The van der Waals surface area contributed by atoms with E-state index in [0.717, 1.165) is 31.1 Å². The van der Waals surface area contributed by atoms with E-state index in [2.05, 4.69) is 19.2 Å². The second kappa shape index (κ2) is 8.05. The summed E-state index contributed by atoms with van der Waals surface area (Å²) in [5.74, 6) is 1.63. The molecular weight excluding hydrogens is 238 g/mol. The summed E-state index contributed by atoms with van der Waals surface area (Å²) in [6, 6.07) is 7.81. The smallest absolute Gasteiger partial charge is 0.161 e. The molecule has 0 aromatic heterocycles. The van der Waals surface area contributed by atoms with Crippen molar-refractivity contribution >= 4 is 0 Å². The van der Waals surface area contributed by atoms with E-state index in [1.54, 1.807) is 7.11 Å². The van der Waals surface area contributed by atoms with Gasteiger partial charge in [0.25, 0.3) is 0 Å². The Morgan fingerprint density at radius 2 is 1.74 bits per heavy atom. The lowest BCUT2D eigenvalue weighted by Gasteiger charge is -2.31. The molecule has 0 saturated heterocycles. The average Bonchev–Trinajstić information content (AvgIpc) is 2.47. The summed E-state index contributed by atoms with van der Waals surface area (Å²) in [5.41, 5.74) is 0.330. The molecule has 0 aliphatic rings. The SMILES string of the molecule is CCC(CC)(CCOc1ccccc1OC)CNC. The highest BCUT2D eigenvalue weighted by molar-refractivity contribution is 5.39. The van der Waals surface area contributed by atoms with Gasteiger partial charge in [-0.15, -0.1) is 0 Å². The maximum atomic E-state index is 5.88. The van der Waals surface area contributed by atoms with Crippen molar-refractivity contribution in [3.05, 3.63) is 24.3 Å². The van der Waals surface area contributed by atoms with E-state index in [1.165, 1.54) is 12.8 Å². The van der Waals surface area contributed by atoms with Crippen LogP contribution in [0.3, 0.4) is 0 Å². The highest BCUT2D eigenvalue weighted by atomic mass is 16.5. The van der Waals surface area contributed by atoms with Crippen molar-refractivity contribution in [2.75, 3.05) is 27.3 Å². The molecule has 19 heavy (non-hydrogen) atoms. The van der Waals surface area contributed by atoms with Gasteiger partial charge in [-0.2, -0.15) is 0 Å². The highest BCUT2D eigenvalue weighted by Gasteiger charge is 2.25. The van der Waals surface area contributed by atoms with Crippen LogP contribution < -0.4 is 14.8 Å². The quantitative estimate of drug-likeness (QED) is 0.741. The molecule has 0 aliphatic carbocycles. The number of nitrogens with one attached hydrogen (secondary N) is 1. The van der Waals surface area contributed by atoms with Gasteiger partial charge in [0.1, 0.15) is 0 Å². The van der Waals surface area contributed by atoms with Crippen molar-refractivity contribution in [2.24, 2.45) is 5.41 Å². The summed E-state index contributed by atoms with van der Waals surface area (Å²) in [6.45, 7) is 6.27. The van der Waals surface area contributed by atoms with Crippen molar-refractivity contribution in [2.45, 2.75) is 33.1 Å². The third-order valence-electron chi connectivity index (χ3n) is 4.01. The zero-order chi connectivity index (χ0) is 14.1. The van der Waals surface area contributed by atoms with Crippen LogP contribution in [0.4, 0.5) is 0 Å². The molecule has 0 heterocycles. The Balaban J connectivity index is 2.56. The molecule has 1 aromatic rings. The third-order valence-corrected chi connectivity index (χ3v) is 4.01. The fourth-order valence-corrected chi connectivity index (χ4v) is 2.43. The maximum absolute atomic E-state index is 5.88. The van der Waals surface area contributed by atoms with Crippen molar-refractivity contribution < 1.29 is 9.47 Å². The highest BCUT2D eigenvalue weighted by Crippen LogP contribution is 2.31. The van der Waals surface area contributed by atoms with Gasteiger partial charge in [0.05, 0.1) is 13.7 Å². The predicted octanol–water partition coefficient (Wildman–Crippen LogP) is 3.49. The molecule has 108 valence electrons. The molecule has 0 saturated carbocycles. The molecule has 3 nitrogen and oxygen atoms in total. The molecule has 0 spiro atoms. The van der Waals surface area contributed by atoms with Gasteiger partial charge in [-0.3, -0.25) is 0 Å². The Morgan fingerprint density at radius 3 is 2.26 bits per heavy atom. The van der Waals surface area contributed by atoms with Gasteiger partial charge < -0.3 is 14.8 Å². The Kier molecular flexibility index (Phi) is 6.71. The van der Waals surface area contributed by atoms with Crippen molar-refractivity contribution in [1.29, 1.82) is 0 Å². The van der Waals surface area contributed by atoms with Crippen molar-refractivity contribution in [1.82, 2.24) is 5.32 Å². The first-order valence-corrected chi connectivity index (χ1v) is 7.11. The first-order valence-electron chi connectivity index (χ1n) is 7.11. The van der Waals surface area contributed by atoms with Gasteiger partial charge in [0.15, 0.2) is 11.5 Å². The van der Waals surface area contributed by atoms with Gasteiger partial charge >= 0.3 is 0 Å². The van der Waals surface area contributed by atoms with Crippen LogP contribution in [-0.2, 0) is 0 Å². The topological polar surface area (TPSA) is 30.5 Å². The summed E-state index contributed by atoms with van der Waals surface area (Å²) in [6.07, 6.45) is 3.39. The lowest BCUT2D eigenvalue weighted by Crippen LogP contribution is -2.33. The number of rotatable bonds is 9. The minimum absolute atomic E-state index is 0.330. The molecule has 0 aliphatic heterocycles. The van der Waals surface area contributed by atoms with Crippen LogP contribution in [0.5, 0.6) is 11.5 Å². The molecule has 1 aromatic carbocycles. The van der Waals surface area contributed by atoms with Gasteiger partial charge in [-0.05, 0) is 43.9 Å². The minimum atomic E-state index is 0.330. The molecule has 3 heteroatoms. The van der Waals surface area contributed by atoms with E-state index in [0.29, 0.717) is 5.41 Å². The molecule has 1 N–H and O–H groups in total. The summed E-state index contributed by atoms with van der Waals surface area (Å²) in [7, 11) is 3.69. The third kappa shape index (κ3) is 4.43. The molecule has 0 atom stereocenters. The first kappa shape index (κ1) is 15.8. The minimum Gasteiger partial charge on any atom is -0.493 e. The van der Waals surface area contributed by atoms with Gasteiger partial charge in [0, 0.05) is 6.54 Å². The monoisotopic (exact) mass is 265 g/mol. The molecule has 0 bridgehead atoms. The van der Waals surface area contributed by atoms with E-state index in [9.17, 15) is 0 Å². The van der Waals surface area contributed by atoms with E-state index < -0.39 is 0 Å². The first-order chi connectivity index (χ1) is 9.21. The Bertz CT molecular complexity index is 362. The molecule has 0 unspecified atom stereocenters. The molecule has 0 fully saturated rings. The Labute approximate surface area is 117 Å². The molecule has 0 radical (unpaired) electrons. The fraction of sp³-hybridized carbons (Fsp3) is 0.625. The summed E-state index contributed by atoms with van der Waals surface area (Å²) < 4.78 is 11.2. The largest absolute Gasteiger partial charge is 0.493 e. The van der Waals surface area contributed by atoms with Crippen LogP contribution in [-0.4, -0.2) is 27.3 Å². The van der Waals surface area contributed by atoms with E-state index in [-0.39, 0.29) is 0 Å². The zero-order valence-electron chi connectivity index (χ0n) is 12.7. The maximum Gasteiger partial charge on any atom is 0.161 e. The summed E-state index contributed by atoms with van der Waals surface area (Å²) >= 11 is 0.